The van der Waals surface area contributed by atoms with Crippen LogP contribution in [-0.2, 0) is 17.2 Å². The van der Waals surface area contributed by atoms with Crippen LogP contribution in [0.2, 0.25) is 0 Å². The molecule has 7 nitrogen and oxygen atoms in total. The number of rotatable bonds is 11. The number of nitrogens with zero attached hydrogens (tertiary/aromatic N) is 2. The Bertz CT molecular complexity index is 1110. The van der Waals surface area contributed by atoms with Crippen LogP contribution in [0.15, 0.2) is 30.3 Å². The van der Waals surface area contributed by atoms with Gasteiger partial charge in [0.2, 0.25) is 0 Å². The summed E-state index contributed by atoms with van der Waals surface area (Å²) in [5.41, 5.74) is -0.272. The third-order valence-electron chi connectivity index (χ3n) is 4.96. The Balaban J connectivity index is 1.92. The van der Waals surface area contributed by atoms with Crippen LogP contribution in [0, 0.1) is 12.7 Å². The smallest absolute Gasteiger partial charge is 0.298 e. The molecule has 10 heteroatoms. The van der Waals surface area contributed by atoms with Gasteiger partial charge >= 0.3 is 0 Å². The first-order chi connectivity index (χ1) is 15.8. The molecule has 0 spiro atoms. The molecule has 33 heavy (non-hydrogen) atoms. The predicted molar refractivity (Wildman–Crippen MR) is 118 cm³/mol. The minimum absolute atomic E-state index is 0.00888. The summed E-state index contributed by atoms with van der Waals surface area (Å²) in [6, 6.07) is 7.10. The lowest BCUT2D eigenvalue weighted by atomic mass is 10.0. The highest BCUT2D eigenvalue weighted by Crippen LogP contribution is 2.35. The van der Waals surface area contributed by atoms with Gasteiger partial charge in [0.1, 0.15) is 24.1 Å². The van der Waals surface area contributed by atoms with E-state index in [0.717, 1.165) is 6.07 Å². The fourth-order valence-electron chi connectivity index (χ4n) is 3.31. The number of aliphatic hydroxyl groups is 1. The SMILES string of the molecule is COCCCOc1cc2c(NCc3cccc(C(F)(F)CO)c3F)nc(C)nc2cc1OC. The maximum atomic E-state index is 14.7. The molecule has 0 aliphatic heterocycles. The number of ether oxygens (including phenoxy) is 3. The Morgan fingerprint density at radius 1 is 1.09 bits per heavy atom. The second kappa shape index (κ2) is 10.7. The number of anilines is 1. The van der Waals surface area contributed by atoms with E-state index in [4.69, 9.17) is 19.3 Å². The Labute approximate surface area is 189 Å². The zero-order chi connectivity index (χ0) is 24.0. The van der Waals surface area contributed by atoms with Crippen molar-refractivity contribution in [2.24, 2.45) is 0 Å². The van der Waals surface area contributed by atoms with Gasteiger partial charge in [-0.1, -0.05) is 12.1 Å². The molecule has 0 atom stereocenters. The maximum Gasteiger partial charge on any atom is 0.298 e. The number of nitrogens with one attached hydrogen (secondary N) is 1. The normalized spacial score (nSPS) is 11.6. The van der Waals surface area contributed by atoms with Crippen molar-refractivity contribution < 1.29 is 32.5 Å². The number of methoxy groups -OCH3 is 2. The summed E-state index contributed by atoms with van der Waals surface area (Å²) in [5.74, 6) is -2.93. The van der Waals surface area contributed by atoms with Crippen LogP contribution in [0.5, 0.6) is 11.5 Å². The zero-order valence-corrected chi connectivity index (χ0v) is 18.6. The van der Waals surface area contributed by atoms with Gasteiger partial charge < -0.3 is 24.6 Å². The summed E-state index contributed by atoms with van der Waals surface area (Å²) >= 11 is 0. The monoisotopic (exact) mass is 465 g/mol. The van der Waals surface area contributed by atoms with Crippen LogP contribution in [0.4, 0.5) is 19.0 Å². The average molecular weight is 465 g/mol. The molecule has 0 saturated heterocycles. The molecule has 1 aromatic heterocycles. The van der Waals surface area contributed by atoms with E-state index in [1.54, 1.807) is 26.2 Å². The van der Waals surface area contributed by atoms with E-state index in [0.29, 0.717) is 53.7 Å². The molecule has 0 aliphatic carbocycles. The number of aromatic nitrogens is 2. The van der Waals surface area contributed by atoms with Crippen molar-refractivity contribution in [2.75, 3.05) is 39.4 Å². The topological polar surface area (TPSA) is 85.7 Å². The second-order valence-electron chi connectivity index (χ2n) is 7.33. The molecular weight excluding hydrogens is 439 g/mol. The Morgan fingerprint density at radius 3 is 2.58 bits per heavy atom. The summed E-state index contributed by atoms with van der Waals surface area (Å²) < 4.78 is 58.7. The molecule has 0 radical (unpaired) electrons. The molecular formula is C23H26F3N3O4. The van der Waals surface area contributed by atoms with Crippen molar-refractivity contribution in [1.29, 1.82) is 0 Å². The number of aryl methyl sites for hydroxylation is 1. The highest BCUT2D eigenvalue weighted by atomic mass is 19.3. The summed E-state index contributed by atoms with van der Waals surface area (Å²) in [4.78, 5) is 8.81. The van der Waals surface area contributed by atoms with E-state index in [9.17, 15) is 13.2 Å². The van der Waals surface area contributed by atoms with Gasteiger partial charge in [-0.2, -0.15) is 8.78 Å². The van der Waals surface area contributed by atoms with E-state index < -0.39 is 23.9 Å². The van der Waals surface area contributed by atoms with Gasteiger partial charge in [0.15, 0.2) is 11.5 Å². The van der Waals surface area contributed by atoms with Crippen LogP contribution in [0.1, 0.15) is 23.4 Å². The van der Waals surface area contributed by atoms with Crippen molar-refractivity contribution in [3.05, 3.63) is 53.1 Å². The highest BCUT2D eigenvalue weighted by Gasteiger charge is 2.34. The summed E-state index contributed by atoms with van der Waals surface area (Å²) in [7, 11) is 3.13. The Morgan fingerprint density at radius 2 is 1.88 bits per heavy atom. The van der Waals surface area contributed by atoms with E-state index in [1.807, 2.05) is 0 Å². The number of benzene rings is 2. The molecule has 2 N–H and O–H groups in total. The van der Waals surface area contributed by atoms with Crippen molar-refractivity contribution >= 4 is 16.7 Å². The maximum absolute atomic E-state index is 14.7. The summed E-state index contributed by atoms with van der Waals surface area (Å²) in [6.07, 6.45) is 0.682. The van der Waals surface area contributed by atoms with E-state index >= 15 is 0 Å². The molecule has 0 unspecified atom stereocenters. The van der Waals surface area contributed by atoms with Gasteiger partial charge in [-0.25, -0.2) is 14.4 Å². The van der Waals surface area contributed by atoms with Crippen LogP contribution < -0.4 is 14.8 Å². The van der Waals surface area contributed by atoms with Gasteiger partial charge in [-0.15, -0.1) is 0 Å². The van der Waals surface area contributed by atoms with Crippen molar-refractivity contribution in [3.8, 4) is 11.5 Å². The molecule has 3 aromatic rings. The molecule has 0 bridgehead atoms. The molecule has 3 rings (SSSR count). The van der Waals surface area contributed by atoms with Crippen LogP contribution in [0.3, 0.4) is 0 Å². The zero-order valence-electron chi connectivity index (χ0n) is 18.6. The number of fused-ring (bicyclic) bond motifs is 1. The third kappa shape index (κ3) is 5.63. The molecule has 2 aromatic carbocycles. The van der Waals surface area contributed by atoms with Crippen LogP contribution in [-0.4, -0.2) is 49.1 Å². The van der Waals surface area contributed by atoms with E-state index in [1.165, 1.54) is 19.2 Å². The molecule has 0 fully saturated rings. The standard InChI is InChI=1S/C23H26F3N3O4/c1-14-28-18-11-19(32-3)20(33-9-5-8-31-2)10-16(18)22(29-14)27-12-15-6-4-7-17(21(15)24)23(25,26)13-30/h4,6-7,10-11,30H,5,8-9,12-13H2,1-3H3,(H,27,28,29). The van der Waals surface area contributed by atoms with Crippen molar-refractivity contribution in [1.82, 2.24) is 9.97 Å². The molecule has 0 aliphatic rings. The number of alkyl halides is 2. The first-order valence-electron chi connectivity index (χ1n) is 10.3. The quantitative estimate of drug-likeness (QED) is 0.411. The van der Waals surface area contributed by atoms with E-state index in [2.05, 4.69) is 15.3 Å². The summed E-state index contributed by atoms with van der Waals surface area (Å²) in [5, 5.41) is 12.5. The van der Waals surface area contributed by atoms with E-state index in [-0.39, 0.29) is 12.1 Å². The molecule has 178 valence electrons. The van der Waals surface area contributed by atoms with Crippen molar-refractivity contribution in [3.63, 3.8) is 0 Å². The fraction of sp³-hybridized carbons (Fsp3) is 0.391. The van der Waals surface area contributed by atoms with Crippen LogP contribution in [0.25, 0.3) is 10.9 Å². The van der Waals surface area contributed by atoms with Gasteiger partial charge in [-0.3, -0.25) is 0 Å². The van der Waals surface area contributed by atoms with Crippen molar-refractivity contribution in [2.45, 2.75) is 25.8 Å². The Kier molecular flexibility index (Phi) is 7.93. The fourth-order valence-corrected chi connectivity index (χ4v) is 3.31. The largest absolute Gasteiger partial charge is 0.493 e. The van der Waals surface area contributed by atoms with Gasteiger partial charge in [0, 0.05) is 43.7 Å². The summed E-state index contributed by atoms with van der Waals surface area (Å²) in [6.45, 7) is 1.07. The number of aliphatic hydroxyl groups excluding tert-OH is 1. The first-order valence-corrected chi connectivity index (χ1v) is 10.3. The Hall–Kier alpha value is -3.11. The molecule has 0 saturated carbocycles. The molecule has 1 heterocycles. The minimum atomic E-state index is -3.68. The van der Waals surface area contributed by atoms with Gasteiger partial charge in [-0.05, 0) is 19.1 Å². The first kappa shape index (κ1) is 24.5. The minimum Gasteiger partial charge on any atom is -0.493 e. The predicted octanol–water partition coefficient (Wildman–Crippen LogP) is 4.20. The number of hydrogen-bond donors (Lipinski definition) is 2. The van der Waals surface area contributed by atoms with Gasteiger partial charge in [0.05, 0.1) is 24.8 Å². The molecule has 0 amide bonds. The number of halogens is 3. The highest BCUT2D eigenvalue weighted by molar-refractivity contribution is 5.91. The van der Waals surface area contributed by atoms with Crippen LogP contribution >= 0.6 is 0 Å². The number of hydrogen-bond acceptors (Lipinski definition) is 7. The lowest BCUT2D eigenvalue weighted by molar-refractivity contribution is -0.0583. The lowest BCUT2D eigenvalue weighted by Gasteiger charge is -2.17. The second-order valence-corrected chi connectivity index (χ2v) is 7.33. The van der Waals surface area contributed by atoms with Gasteiger partial charge in [0.25, 0.3) is 5.92 Å². The lowest BCUT2D eigenvalue weighted by Crippen LogP contribution is -2.21. The average Bonchev–Trinajstić information content (AvgIpc) is 2.80. The third-order valence-corrected chi connectivity index (χ3v) is 4.96.